The Morgan fingerprint density at radius 2 is 1.77 bits per heavy atom. The number of methoxy groups -OCH3 is 2. The van der Waals surface area contributed by atoms with Crippen molar-refractivity contribution < 1.29 is 14.3 Å². The molecule has 5 nitrogen and oxygen atoms in total. The fraction of sp³-hybridized carbons (Fsp3) is 0.120. The summed E-state index contributed by atoms with van der Waals surface area (Å²) in [4.78, 5) is 19.8. The van der Waals surface area contributed by atoms with Crippen molar-refractivity contribution in [2.24, 2.45) is 4.99 Å². The van der Waals surface area contributed by atoms with E-state index in [1.54, 1.807) is 37.3 Å². The van der Waals surface area contributed by atoms with E-state index in [-0.39, 0.29) is 5.91 Å². The largest absolute Gasteiger partial charge is 0.497 e. The highest BCUT2D eigenvalue weighted by molar-refractivity contribution is 6.39. The summed E-state index contributed by atoms with van der Waals surface area (Å²) in [5, 5.41) is 0.523. The predicted molar refractivity (Wildman–Crippen MR) is 124 cm³/mol. The number of amides is 1. The van der Waals surface area contributed by atoms with E-state index < -0.39 is 0 Å². The minimum Gasteiger partial charge on any atom is -0.497 e. The second kappa shape index (κ2) is 8.66. The molecule has 0 N–H and O–H groups in total. The smallest absolute Gasteiger partial charge is 0.282 e. The Kier molecular flexibility index (Phi) is 5.78. The van der Waals surface area contributed by atoms with Crippen LogP contribution < -0.4 is 14.4 Å². The molecule has 6 heteroatoms. The van der Waals surface area contributed by atoms with Crippen LogP contribution in [0.25, 0.3) is 6.08 Å². The number of aliphatic imine (C=N–C) groups is 1. The first kappa shape index (κ1) is 20.7. The molecule has 0 aromatic heterocycles. The molecule has 4 rings (SSSR count). The molecule has 156 valence electrons. The maximum Gasteiger partial charge on any atom is 0.282 e. The maximum atomic E-state index is 13.5. The van der Waals surface area contributed by atoms with Gasteiger partial charge in [0.2, 0.25) is 0 Å². The van der Waals surface area contributed by atoms with Crippen molar-refractivity contribution in [3.63, 3.8) is 0 Å². The van der Waals surface area contributed by atoms with Gasteiger partial charge in [-0.25, -0.2) is 4.99 Å². The molecule has 0 fully saturated rings. The van der Waals surface area contributed by atoms with Crippen LogP contribution in [-0.4, -0.2) is 26.0 Å². The quantitative estimate of drug-likeness (QED) is 0.500. The van der Waals surface area contributed by atoms with Gasteiger partial charge in [0.1, 0.15) is 23.0 Å². The van der Waals surface area contributed by atoms with Gasteiger partial charge in [-0.15, -0.1) is 0 Å². The normalized spacial score (nSPS) is 14.7. The number of carbonyl (C=O) groups excluding carboxylic acids is 1. The van der Waals surface area contributed by atoms with Gasteiger partial charge in [-0.3, -0.25) is 9.69 Å². The van der Waals surface area contributed by atoms with Crippen LogP contribution in [-0.2, 0) is 4.79 Å². The second-order valence-electron chi connectivity index (χ2n) is 7.03. The lowest BCUT2D eigenvalue weighted by Gasteiger charge is -2.19. The molecule has 0 atom stereocenters. The van der Waals surface area contributed by atoms with Crippen LogP contribution in [0.4, 0.5) is 5.69 Å². The Bertz CT molecular complexity index is 1220. The summed E-state index contributed by atoms with van der Waals surface area (Å²) >= 11 is 6.45. The zero-order chi connectivity index (χ0) is 22.0. The standard InChI is InChI=1S/C25H21ClN2O3/c1-16-7-6-8-18(13-16)28-24(20-9-4-5-10-21(20)26)27-22(25(28)29)14-17-11-12-19(30-2)15-23(17)31-3/h4-15H,1-3H3/b22-14+. The van der Waals surface area contributed by atoms with Gasteiger partial charge in [-0.05, 0) is 55.0 Å². The van der Waals surface area contributed by atoms with Crippen molar-refractivity contribution >= 4 is 35.1 Å². The number of amidine groups is 1. The molecule has 0 radical (unpaired) electrons. The summed E-state index contributed by atoms with van der Waals surface area (Å²) in [5.74, 6) is 1.50. The van der Waals surface area contributed by atoms with E-state index in [0.717, 1.165) is 16.8 Å². The average Bonchev–Trinajstić information content (AvgIpc) is 3.10. The van der Waals surface area contributed by atoms with Crippen LogP contribution in [0, 0.1) is 6.92 Å². The number of hydrogen-bond donors (Lipinski definition) is 0. The number of nitrogens with zero attached hydrogens (tertiary/aromatic N) is 2. The van der Waals surface area contributed by atoms with E-state index in [1.165, 1.54) is 0 Å². The molecule has 3 aromatic rings. The molecule has 0 saturated carbocycles. The zero-order valence-electron chi connectivity index (χ0n) is 17.4. The summed E-state index contributed by atoms with van der Waals surface area (Å²) in [5.41, 5.74) is 3.47. The lowest BCUT2D eigenvalue weighted by Crippen LogP contribution is -2.32. The van der Waals surface area contributed by atoms with Crippen molar-refractivity contribution in [3.05, 3.63) is 94.1 Å². The molecule has 3 aromatic carbocycles. The number of ether oxygens (including phenoxy) is 2. The summed E-state index contributed by atoms with van der Waals surface area (Å²) in [6.45, 7) is 1.98. The molecule has 1 heterocycles. The number of carbonyl (C=O) groups is 1. The molecule has 1 aliphatic heterocycles. The highest BCUT2D eigenvalue weighted by atomic mass is 35.5. The molecule has 0 bridgehead atoms. The number of benzene rings is 3. The fourth-order valence-electron chi connectivity index (χ4n) is 3.43. The van der Waals surface area contributed by atoms with Crippen molar-refractivity contribution in [1.29, 1.82) is 0 Å². The third-order valence-electron chi connectivity index (χ3n) is 4.97. The van der Waals surface area contributed by atoms with Gasteiger partial charge in [0.25, 0.3) is 5.91 Å². The van der Waals surface area contributed by atoms with E-state index in [2.05, 4.69) is 4.99 Å². The molecule has 31 heavy (non-hydrogen) atoms. The van der Waals surface area contributed by atoms with Crippen LogP contribution in [0.1, 0.15) is 16.7 Å². The van der Waals surface area contributed by atoms with Crippen LogP contribution in [0.3, 0.4) is 0 Å². The van der Waals surface area contributed by atoms with Crippen LogP contribution in [0.2, 0.25) is 5.02 Å². The van der Waals surface area contributed by atoms with Crippen LogP contribution >= 0.6 is 11.6 Å². The Morgan fingerprint density at radius 3 is 2.48 bits per heavy atom. The number of halogens is 1. The summed E-state index contributed by atoms with van der Waals surface area (Å²) in [6, 6.07) is 20.5. The second-order valence-corrected chi connectivity index (χ2v) is 7.44. The lowest BCUT2D eigenvalue weighted by molar-refractivity contribution is -0.113. The van der Waals surface area contributed by atoms with E-state index in [9.17, 15) is 4.79 Å². The summed E-state index contributed by atoms with van der Waals surface area (Å²) < 4.78 is 10.7. The Morgan fingerprint density at radius 1 is 0.968 bits per heavy atom. The number of hydrogen-bond acceptors (Lipinski definition) is 4. The Labute approximate surface area is 186 Å². The molecule has 1 amide bonds. The zero-order valence-corrected chi connectivity index (χ0v) is 18.2. The van der Waals surface area contributed by atoms with Crippen molar-refractivity contribution in [2.45, 2.75) is 6.92 Å². The monoisotopic (exact) mass is 432 g/mol. The summed E-state index contributed by atoms with van der Waals surface area (Å²) in [7, 11) is 3.16. The van der Waals surface area contributed by atoms with Crippen LogP contribution in [0.15, 0.2) is 77.4 Å². The van der Waals surface area contributed by atoms with Gasteiger partial charge in [-0.1, -0.05) is 35.9 Å². The fourth-order valence-corrected chi connectivity index (χ4v) is 3.65. The van der Waals surface area contributed by atoms with E-state index >= 15 is 0 Å². The van der Waals surface area contributed by atoms with E-state index in [1.807, 2.05) is 61.5 Å². The average molecular weight is 433 g/mol. The van der Waals surface area contributed by atoms with Gasteiger partial charge < -0.3 is 9.47 Å². The number of anilines is 1. The van der Waals surface area contributed by atoms with Crippen molar-refractivity contribution in [3.8, 4) is 11.5 Å². The predicted octanol–water partition coefficient (Wildman–Crippen LogP) is 5.50. The molecular formula is C25H21ClN2O3. The number of rotatable bonds is 5. The van der Waals surface area contributed by atoms with Crippen molar-refractivity contribution in [2.75, 3.05) is 19.1 Å². The summed E-state index contributed by atoms with van der Waals surface area (Å²) in [6.07, 6.45) is 1.72. The van der Waals surface area contributed by atoms with Gasteiger partial charge in [0, 0.05) is 17.2 Å². The molecular weight excluding hydrogens is 412 g/mol. The van der Waals surface area contributed by atoms with Gasteiger partial charge in [0.05, 0.1) is 24.9 Å². The third kappa shape index (κ3) is 4.05. The first-order valence-electron chi connectivity index (χ1n) is 9.70. The topological polar surface area (TPSA) is 51.1 Å². The highest BCUT2D eigenvalue weighted by Crippen LogP contribution is 2.33. The maximum absolute atomic E-state index is 13.5. The van der Waals surface area contributed by atoms with Gasteiger partial charge in [0.15, 0.2) is 0 Å². The van der Waals surface area contributed by atoms with E-state index in [0.29, 0.717) is 33.6 Å². The first-order chi connectivity index (χ1) is 15.0. The van der Waals surface area contributed by atoms with Gasteiger partial charge >= 0.3 is 0 Å². The Hall–Kier alpha value is -3.57. The van der Waals surface area contributed by atoms with Crippen LogP contribution in [0.5, 0.6) is 11.5 Å². The molecule has 1 aliphatic rings. The lowest BCUT2D eigenvalue weighted by atomic mass is 10.1. The Balaban J connectivity index is 1.86. The third-order valence-corrected chi connectivity index (χ3v) is 5.30. The minimum absolute atomic E-state index is 0.238. The highest BCUT2D eigenvalue weighted by Gasteiger charge is 2.33. The SMILES string of the molecule is COc1ccc(/C=C2/N=C(c3ccccc3Cl)N(c3cccc(C)c3)C2=O)c(OC)c1. The van der Waals surface area contributed by atoms with Crippen molar-refractivity contribution in [1.82, 2.24) is 0 Å². The molecule has 0 aliphatic carbocycles. The minimum atomic E-state index is -0.238. The number of aryl methyl sites for hydroxylation is 1. The molecule has 0 unspecified atom stereocenters. The molecule has 0 saturated heterocycles. The van der Waals surface area contributed by atoms with Gasteiger partial charge in [-0.2, -0.15) is 0 Å². The first-order valence-corrected chi connectivity index (χ1v) is 10.1. The molecule has 0 spiro atoms. The van der Waals surface area contributed by atoms with E-state index in [4.69, 9.17) is 21.1 Å².